The molecule has 0 aromatic heterocycles. The SMILES string of the molecule is CC1(C)OB(C(=Cc2c(O)cc(C(=O)O)cc2O)CN)OC1(C)C. The summed E-state index contributed by atoms with van der Waals surface area (Å²) >= 11 is 0. The van der Waals surface area contributed by atoms with Crippen LogP contribution in [0.4, 0.5) is 0 Å². The topological polar surface area (TPSA) is 122 Å². The molecule has 0 atom stereocenters. The van der Waals surface area contributed by atoms with Crippen molar-refractivity contribution in [1.29, 1.82) is 0 Å². The van der Waals surface area contributed by atoms with Gasteiger partial charge < -0.3 is 30.4 Å². The number of carbonyl (C=O) groups is 1. The van der Waals surface area contributed by atoms with Gasteiger partial charge in [0, 0.05) is 6.54 Å². The molecular formula is C16H22BNO6. The molecule has 1 aliphatic rings. The van der Waals surface area contributed by atoms with Gasteiger partial charge in [-0.1, -0.05) is 6.08 Å². The van der Waals surface area contributed by atoms with Crippen LogP contribution in [-0.2, 0) is 9.31 Å². The van der Waals surface area contributed by atoms with Gasteiger partial charge in [0.25, 0.3) is 0 Å². The molecule has 5 N–H and O–H groups in total. The highest BCUT2D eigenvalue weighted by Crippen LogP contribution is 2.39. The Hall–Kier alpha value is -2.03. The fraction of sp³-hybridized carbons (Fsp3) is 0.438. The number of rotatable bonds is 4. The molecule has 0 bridgehead atoms. The van der Waals surface area contributed by atoms with Gasteiger partial charge >= 0.3 is 13.1 Å². The molecule has 1 aliphatic heterocycles. The third-order valence-corrected chi connectivity index (χ3v) is 4.50. The van der Waals surface area contributed by atoms with E-state index in [0.29, 0.717) is 5.47 Å². The summed E-state index contributed by atoms with van der Waals surface area (Å²) in [5.41, 5.74) is 5.03. The fourth-order valence-electron chi connectivity index (χ4n) is 2.30. The highest BCUT2D eigenvalue weighted by molar-refractivity contribution is 6.56. The number of hydrogen-bond donors (Lipinski definition) is 4. The van der Waals surface area contributed by atoms with Crippen LogP contribution in [0.2, 0.25) is 0 Å². The van der Waals surface area contributed by atoms with E-state index in [0.717, 1.165) is 12.1 Å². The maximum absolute atomic E-state index is 10.9. The molecule has 8 heteroatoms. The molecule has 0 saturated carbocycles. The molecule has 130 valence electrons. The first-order valence-corrected chi connectivity index (χ1v) is 7.54. The van der Waals surface area contributed by atoms with Gasteiger partial charge in [0.2, 0.25) is 0 Å². The second-order valence-electron chi connectivity index (χ2n) is 6.74. The molecule has 0 spiro atoms. The van der Waals surface area contributed by atoms with E-state index in [9.17, 15) is 15.0 Å². The van der Waals surface area contributed by atoms with Crippen molar-refractivity contribution in [2.45, 2.75) is 38.9 Å². The smallest absolute Gasteiger partial charge is 0.491 e. The van der Waals surface area contributed by atoms with Gasteiger partial charge in [-0.05, 0) is 45.3 Å². The van der Waals surface area contributed by atoms with Gasteiger partial charge in [-0.25, -0.2) is 4.79 Å². The zero-order valence-corrected chi connectivity index (χ0v) is 14.2. The lowest BCUT2D eigenvalue weighted by atomic mass is 9.77. The first-order chi connectivity index (χ1) is 11.0. The van der Waals surface area contributed by atoms with Crippen LogP contribution in [0.15, 0.2) is 17.6 Å². The molecule has 1 aromatic carbocycles. The molecular weight excluding hydrogens is 313 g/mol. The third kappa shape index (κ3) is 3.26. The number of carboxylic acid groups (broad SMARTS) is 1. The third-order valence-electron chi connectivity index (χ3n) is 4.50. The summed E-state index contributed by atoms with van der Waals surface area (Å²) in [5.74, 6) is -1.98. The second kappa shape index (κ2) is 6.12. The molecule has 1 aromatic rings. The lowest BCUT2D eigenvalue weighted by molar-refractivity contribution is 0.00578. The maximum Gasteiger partial charge on any atom is 0.491 e. The van der Waals surface area contributed by atoms with E-state index < -0.39 is 24.3 Å². The summed E-state index contributed by atoms with van der Waals surface area (Å²) in [7, 11) is -0.724. The Labute approximate surface area is 140 Å². The molecule has 1 fully saturated rings. The molecule has 1 saturated heterocycles. The minimum atomic E-state index is -1.25. The van der Waals surface area contributed by atoms with E-state index >= 15 is 0 Å². The molecule has 0 radical (unpaired) electrons. The van der Waals surface area contributed by atoms with Gasteiger partial charge in [-0.3, -0.25) is 0 Å². The largest absolute Gasteiger partial charge is 0.507 e. The Balaban J connectivity index is 2.41. The normalized spacial score (nSPS) is 19.5. The van der Waals surface area contributed by atoms with Crippen molar-refractivity contribution in [3.05, 3.63) is 28.7 Å². The molecule has 24 heavy (non-hydrogen) atoms. The number of aromatic carboxylic acids is 1. The molecule has 7 nitrogen and oxygen atoms in total. The standard InChI is InChI=1S/C16H22BNO6/c1-15(2)16(3,4)24-17(23-15)10(8-18)7-11-12(19)5-9(14(21)22)6-13(11)20/h5-7,19-20H,8,18H2,1-4H3,(H,21,22). The maximum atomic E-state index is 10.9. The zero-order valence-electron chi connectivity index (χ0n) is 14.2. The van der Waals surface area contributed by atoms with E-state index in [2.05, 4.69) is 0 Å². The number of phenolic OH excluding ortho intramolecular Hbond substituents is 2. The summed E-state index contributed by atoms with van der Waals surface area (Å²) in [6.45, 7) is 7.68. The monoisotopic (exact) mass is 335 g/mol. The highest BCUT2D eigenvalue weighted by Gasteiger charge is 2.52. The number of nitrogens with two attached hydrogens (primary N) is 1. The summed E-state index contributed by atoms with van der Waals surface area (Å²) in [6, 6.07) is 2.12. The first kappa shape index (κ1) is 18.3. The Morgan fingerprint density at radius 1 is 1.17 bits per heavy atom. The number of carboxylic acids is 1. The van der Waals surface area contributed by atoms with Crippen molar-refractivity contribution in [3.63, 3.8) is 0 Å². The fourth-order valence-corrected chi connectivity index (χ4v) is 2.30. The van der Waals surface area contributed by atoms with Gasteiger partial charge in [0.05, 0.1) is 22.3 Å². The number of hydrogen-bond acceptors (Lipinski definition) is 6. The average Bonchev–Trinajstić information content (AvgIpc) is 2.66. The lowest BCUT2D eigenvalue weighted by Crippen LogP contribution is -2.41. The summed E-state index contributed by atoms with van der Waals surface area (Å²) in [6.07, 6.45) is 1.46. The van der Waals surface area contributed by atoms with Crippen LogP contribution >= 0.6 is 0 Å². The van der Waals surface area contributed by atoms with Crippen LogP contribution in [0, 0.1) is 0 Å². The number of aromatic hydroxyl groups is 2. The van der Waals surface area contributed by atoms with Crippen molar-refractivity contribution >= 4 is 19.2 Å². The van der Waals surface area contributed by atoms with Gasteiger partial charge in [0.15, 0.2) is 0 Å². The Morgan fingerprint density at radius 2 is 1.62 bits per heavy atom. The van der Waals surface area contributed by atoms with Crippen molar-refractivity contribution in [2.75, 3.05) is 6.54 Å². The van der Waals surface area contributed by atoms with Gasteiger partial charge in [-0.15, -0.1) is 0 Å². The Morgan fingerprint density at radius 3 is 2.00 bits per heavy atom. The summed E-state index contributed by atoms with van der Waals surface area (Å²) < 4.78 is 11.8. The minimum absolute atomic E-state index is 0.0650. The average molecular weight is 335 g/mol. The highest BCUT2D eigenvalue weighted by atomic mass is 16.7. The molecule has 0 unspecified atom stereocenters. The van der Waals surface area contributed by atoms with Gasteiger partial charge in [-0.2, -0.15) is 0 Å². The van der Waals surface area contributed by atoms with Gasteiger partial charge in [0.1, 0.15) is 11.5 Å². The van der Waals surface area contributed by atoms with E-state index in [1.54, 1.807) is 0 Å². The quantitative estimate of drug-likeness (QED) is 0.619. The Kier molecular flexibility index (Phi) is 4.67. The predicted molar refractivity (Wildman–Crippen MR) is 89.8 cm³/mol. The lowest BCUT2D eigenvalue weighted by Gasteiger charge is -2.32. The molecule has 1 heterocycles. The minimum Gasteiger partial charge on any atom is -0.507 e. The van der Waals surface area contributed by atoms with Crippen molar-refractivity contribution in [2.24, 2.45) is 5.73 Å². The molecule has 0 amide bonds. The summed E-state index contributed by atoms with van der Waals surface area (Å²) in [5, 5.41) is 29.0. The van der Waals surface area contributed by atoms with E-state index in [4.69, 9.17) is 20.1 Å². The van der Waals surface area contributed by atoms with Crippen LogP contribution in [0.25, 0.3) is 6.08 Å². The van der Waals surface area contributed by atoms with Crippen LogP contribution < -0.4 is 5.73 Å². The van der Waals surface area contributed by atoms with Crippen LogP contribution in [0.5, 0.6) is 11.5 Å². The van der Waals surface area contributed by atoms with Crippen molar-refractivity contribution < 1.29 is 29.4 Å². The van der Waals surface area contributed by atoms with E-state index in [1.807, 2.05) is 27.7 Å². The Bertz CT molecular complexity index is 659. The molecule has 0 aliphatic carbocycles. The second-order valence-corrected chi connectivity index (χ2v) is 6.74. The zero-order chi connectivity index (χ0) is 18.3. The number of phenols is 2. The predicted octanol–water partition coefficient (Wildman–Crippen LogP) is 1.77. The molecule has 2 rings (SSSR count). The van der Waals surface area contributed by atoms with E-state index in [-0.39, 0.29) is 29.2 Å². The van der Waals surface area contributed by atoms with Crippen LogP contribution in [-0.4, -0.2) is 46.2 Å². The van der Waals surface area contributed by atoms with E-state index in [1.165, 1.54) is 6.08 Å². The van der Waals surface area contributed by atoms with Crippen LogP contribution in [0.3, 0.4) is 0 Å². The number of benzene rings is 1. The summed E-state index contributed by atoms with van der Waals surface area (Å²) in [4.78, 5) is 10.9. The first-order valence-electron chi connectivity index (χ1n) is 7.54. The van der Waals surface area contributed by atoms with Crippen molar-refractivity contribution in [1.82, 2.24) is 0 Å². The van der Waals surface area contributed by atoms with Crippen molar-refractivity contribution in [3.8, 4) is 11.5 Å². The van der Waals surface area contributed by atoms with Crippen LogP contribution in [0.1, 0.15) is 43.6 Å².